The maximum absolute atomic E-state index is 12.8. The highest BCUT2D eigenvalue weighted by Crippen LogP contribution is 2.38. The quantitative estimate of drug-likeness (QED) is 0.613. The van der Waals surface area contributed by atoms with Crippen LogP contribution in [-0.2, 0) is 20.9 Å². The summed E-state index contributed by atoms with van der Waals surface area (Å²) in [5, 5.41) is 2.83. The Morgan fingerprint density at radius 2 is 2.20 bits per heavy atom. The average molecular weight is 409 g/mol. The van der Waals surface area contributed by atoms with Gasteiger partial charge >= 0.3 is 12.0 Å². The minimum atomic E-state index is -0.847. The molecule has 0 aromatic heterocycles. The number of imide groups is 1. The van der Waals surface area contributed by atoms with Crippen molar-refractivity contribution in [1.82, 2.24) is 10.2 Å². The number of amides is 3. The van der Waals surface area contributed by atoms with E-state index in [1.54, 1.807) is 0 Å². The number of nitrogens with one attached hydrogen (secondary N) is 1. The number of rotatable bonds is 4. The zero-order chi connectivity index (χ0) is 18.0. The molecule has 1 spiro atoms. The molecule has 1 saturated carbocycles. The van der Waals surface area contributed by atoms with Gasteiger partial charge in [0.25, 0.3) is 5.91 Å². The molecule has 2 fully saturated rings. The molecule has 2 atom stereocenters. The fourth-order valence-corrected chi connectivity index (χ4v) is 4.05. The Kier molecular flexibility index (Phi) is 5.13. The van der Waals surface area contributed by atoms with Gasteiger partial charge in [-0.25, -0.2) is 4.79 Å². The molecule has 1 aromatic carbocycles. The predicted molar refractivity (Wildman–Crippen MR) is 94.5 cm³/mol. The van der Waals surface area contributed by atoms with Gasteiger partial charge in [0, 0.05) is 4.47 Å². The number of hydrogen-bond acceptors (Lipinski definition) is 4. The van der Waals surface area contributed by atoms with Crippen LogP contribution in [0.1, 0.15) is 38.2 Å². The first-order chi connectivity index (χ1) is 11.9. The molecule has 6 nitrogen and oxygen atoms in total. The highest BCUT2D eigenvalue weighted by molar-refractivity contribution is 9.10. The summed E-state index contributed by atoms with van der Waals surface area (Å²) >= 11 is 3.36. The van der Waals surface area contributed by atoms with Crippen molar-refractivity contribution in [2.24, 2.45) is 5.92 Å². The molecule has 1 saturated heterocycles. The largest absolute Gasteiger partial charge is 0.459 e. The second-order valence-electron chi connectivity index (χ2n) is 6.73. The normalized spacial score (nSPS) is 26.0. The van der Waals surface area contributed by atoms with Crippen LogP contribution in [0.4, 0.5) is 4.79 Å². The summed E-state index contributed by atoms with van der Waals surface area (Å²) in [5.74, 6) is -0.825. The van der Waals surface area contributed by atoms with Crippen LogP contribution in [0.2, 0.25) is 0 Å². The van der Waals surface area contributed by atoms with Crippen LogP contribution in [0.25, 0.3) is 0 Å². The molecule has 0 bridgehead atoms. The van der Waals surface area contributed by atoms with Crippen molar-refractivity contribution in [3.8, 4) is 0 Å². The van der Waals surface area contributed by atoms with Gasteiger partial charge in [-0.2, -0.15) is 0 Å². The van der Waals surface area contributed by atoms with Gasteiger partial charge in [-0.15, -0.1) is 0 Å². The van der Waals surface area contributed by atoms with Gasteiger partial charge in [0.05, 0.1) is 0 Å². The lowest BCUT2D eigenvalue weighted by atomic mass is 9.73. The Bertz CT molecular complexity index is 708. The van der Waals surface area contributed by atoms with Crippen LogP contribution in [0, 0.1) is 5.92 Å². The fourth-order valence-electron chi connectivity index (χ4n) is 3.60. The number of halogens is 1. The van der Waals surface area contributed by atoms with Crippen molar-refractivity contribution in [3.05, 3.63) is 34.3 Å². The maximum Gasteiger partial charge on any atom is 0.326 e. The first-order valence-corrected chi connectivity index (χ1v) is 9.26. The molecular formula is C18H21BrN2O4. The summed E-state index contributed by atoms with van der Waals surface area (Å²) in [6.07, 6.45) is 3.48. The van der Waals surface area contributed by atoms with E-state index in [1.807, 2.05) is 31.2 Å². The van der Waals surface area contributed by atoms with Gasteiger partial charge in [-0.05, 0) is 36.5 Å². The molecule has 0 unspecified atom stereocenters. The number of urea groups is 1. The Balaban J connectivity index is 1.61. The molecule has 134 valence electrons. The smallest absolute Gasteiger partial charge is 0.326 e. The number of benzene rings is 1. The topological polar surface area (TPSA) is 75.7 Å². The minimum Gasteiger partial charge on any atom is -0.459 e. The van der Waals surface area contributed by atoms with Crippen LogP contribution in [-0.4, -0.2) is 34.9 Å². The summed E-state index contributed by atoms with van der Waals surface area (Å²) in [7, 11) is 0. The first-order valence-electron chi connectivity index (χ1n) is 8.46. The van der Waals surface area contributed by atoms with Crippen molar-refractivity contribution in [2.45, 2.75) is 44.8 Å². The van der Waals surface area contributed by atoms with Gasteiger partial charge in [0.15, 0.2) is 0 Å². The molecule has 3 amide bonds. The van der Waals surface area contributed by atoms with E-state index in [0.29, 0.717) is 6.42 Å². The fraction of sp³-hybridized carbons (Fsp3) is 0.500. The third-order valence-electron chi connectivity index (χ3n) is 5.08. The lowest BCUT2D eigenvalue weighted by molar-refractivity contribution is -0.149. The van der Waals surface area contributed by atoms with E-state index in [4.69, 9.17) is 4.74 Å². The highest BCUT2D eigenvalue weighted by Gasteiger charge is 2.55. The molecule has 1 heterocycles. The minimum absolute atomic E-state index is 0.0698. The van der Waals surface area contributed by atoms with Gasteiger partial charge < -0.3 is 10.1 Å². The van der Waals surface area contributed by atoms with Crippen molar-refractivity contribution in [1.29, 1.82) is 0 Å². The molecule has 1 N–H and O–H groups in total. The van der Waals surface area contributed by atoms with Crippen molar-refractivity contribution < 1.29 is 19.1 Å². The molecule has 1 aliphatic carbocycles. The average Bonchev–Trinajstić information content (AvgIpc) is 2.81. The molecular weight excluding hydrogens is 388 g/mol. The van der Waals surface area contributed by atoms with E-state index in [9.17, 15) is 14.4 Å². The second kappa shape index (κ2) is 7.15. The van der Waals surface area contributed by atoms with E-state index in [-0.39, 0.29) is 25.0 Å². The third-order valence-corrected chi connectivity index (χ3v) is 5.57. The second-order valence-corrected chi connectivity index (χ2v) is 7.65. The monoisotopic (exact) mass is 408 g/mol. The maximum atomic E-state index is 12.8. The van der Waals surface area contributed by atoms with E-state index >= 15 is 0 Å². The standard InChI is InChI=1S/C18H21BrN2O4/c1-12-5-2-3-8-18(12)16(23)21(17(24)20-18)10-15(22)25-11-13-6-4-7-14(19)9-13/h4,6-7,9,12H,2-3,5,8,10-11H2,1H3,(H,20,24)/t12-,18+/m0/s1. The van der Waals surface area contributed by atoms with E-state index in [0.717, 1.165) is 34.2 Å². The lowest BCUT2D eigenvalue weighted by Crippen LogP contribution is -2.54. The van der Waals surface area contributed by atoms with Crippen LogP contribution < -0.4 is 5.32 Å². The van der Waals surface area contributed by atoms with Crippen molar-refractivity contribution in [3.63, 3.8) is 0 Å². The number of ether oxygens (including phenoxy) is 1. The molecule has 1 aromatic rings. The van der Waals surface area contributed by atoms with Crippen molar-refractivity contribution in [2.75, 3.05) is 6.54 Å². The number of carbonyl (C=O) groups is 3. The summed E-state index contributed by atoms with van der Waals surface area (Å²) < 4.78 is 6.10. The molecule has 7 heteroatoms. The highest BCUT2D eigenvalue weighted by atomic mass is 79.9. The van der Waals surface area contributed by atoms with E-state index in [2.05, 4.69) is 21.2 Å². The van der Waals surface area contributed by atoms with Crippen molar-refractivity contribution >= 4 is 33.8 Å². The summed E-state index contributed by atoms with van der Waals surface area (Å²) in [4.78, 5) is 38.1. The lowest BCUT2D eigenvalue weighted by Gasteiger charge is -2.36. The number of nitrogens with zero attached hydrogens (tertiary/aromatic N) is 1. The number of hydrogen-bond donors (Lipinski definition) is 1. The molecule has 2 aliphatic rings. The summed E-state index contributed by atoms with van der Waals surface area (Å²) in [5.41, 5.74) is -0.0165. The van der Waals surface area contributed by atoms with E-state index in [1.165, 1.54) is 0 Å². The predicted octanol–water partition coefficient (Wildman–Crippen LogP) is 2.99. The summed E-state index contributed by atoms with van der Waals surface area (Å²) in [6, 6.07) is 6.91. The first kappa shape index (κ1) is 17.9. The zero-order valence-corrected chi connectivity index (χ0v) is 15.7. The van der Waals surface area contributed by atoms with Crippen LogP contribution in [0.15, 0.2) is 28.7 Å². The zero-order valence-electron chi connectivity index (χ0n) is 14.1. The Morgan fingerprint density at radius 1 is 1.40 bits per heavy atom. The van der Waals surface area contributed by atoms with Crippen LogP contribution >= 0.6 is 15.9 Å². The molecule has 25 heavy (non-hydrogen) atoms. The third kappa shape index (κ3) is 3.56. The SMILES string of the molecule is C[C@H]1CCCC[C@@]12NC(=O)N(CC(=O)OCc1cccc(Br)c1)C2=O. The van der Waals surface area contributed by atoms with Gasteiger partial charge in [-0.3, -0.25) is 14.5 Å². The Labute approximate surface area is 155 Å². The Hall–Kier alpha value is -1.89. The molecule has 0 radical (unpaired) electrons. The molecule has 1 aliphatic heterocycles. The van der Waals surface area contributed by atoms with Gasteiger partial charge in [0.2, 0.25) is 0 Å². The van der Waals surface area contributed by atoms with Crippen LogP contribution in [0.3, 0.4) is 0 Å². The summed E-state index contributed by atoms with van der Waals surface area (Å²) in [6.45, 7) is 1.73. The number of carbonyl (C=O) groups excluding carboxylic acids is 3. The van der Waals surface area contributed by atoms with E-state index < -0.39 is 17.5 Å². The molecule has 3 rings (SSSR count). The Morgan fingerprint density at radius 3 is 2.92 bits per heavy atom. The van der Waals surface area contributed by atoms with Gasteiger partial charge in [-0.1, -0.05) is 47.8 Å². The number of esters is 1. The van der Waals surface area contributed by atoms with Crippen LogP contribution in [0.5, 0.6) is 0 Å². The van der Waals surface area contributed by atoms with Gasteiger partial charge in [0.1, 0.15) is 18.7 Å².